The van der Waals surface area contributed by atoms with Crippen molar-refractivity contribution in [3.63, 3.8) is 0 Å². The summed E-state index contributed by atoms with van der Waals surface area (Å²) in [5, 5.41) is 10.5. The van der Waals surface area contributed by atoms with Gasteiger partial charge in [-0.15, -0.1) is 0 Å². The maximum absolute atomic E-state index is 6.49. The van der Waals surface area contributed by atoms with Crippen LogP contribution in [0.3, 0.4) is 0 Å². The van der Waals surface area contributed by atoms with Gasteiger partial charge in [0.15, 0.2) is 0 Å². The van der Waals surface area contributed by atoms with Crippen molar-refractivity contribution in [2.45, 2.75) is 12.3 Å². The van der Waals surface area contributed by atoms with Crippen LogP contribution in [0.25, 0.3) is 98.9 Å². The van der Waals surface area contributed by atoms with Gasteiger partial charge in [-0.2, -0.15) is 0 Å². The van der Waals surface area contributed by atoms with Crippen LogP contribution in [0.5, 0.6) is 0 Å². The summed E-state index contributed by atoms with van der Waals surface area (Å²) in [5.74, 6) is 0.868. The van der Waals surface area contributed by atoms with Crippen LogP contribution >= 0.6 is 0 Å². The van der Waals surface area contributed by atoms with Crippen molar-refractivity contribution in [2.75, 3.05) is 0 Å². The number of rotatable bonds is 3. The van der Waals surface area contributed by atoms with E-state index in [1.807, 2.05) is 6.07 Å². The van der Waals surface area contributed by atoms with Gasteiger partial charge in [-0.05, 0) is 65.7 Å². The normalized spacial score (nSPS) is 14.8. The van der Waals surface area contributed by atoms with Gasteiger partial charge in [-0.3, -0.25) is 4.57 Å². The highest BCUT2D eigenvalue weighted by Crippen LogP contribution is 2.45. The predicted molar refractivity (Wildman–Crippen MR) is 219 cm³/mol. The van der Waals surface area contributed by atoms with Gasteiger partial charge in [0.05, 0.1) is 33.3 Å². The molecule has 12 rings (SSSR count). The van der Waals surface area contributed by atoms with Gasteiger partial charge in [0.1, 0.15) is 11.2 Å². The van der Waals surface area contributed by atoms with Crippen LogP contribution in [-0.4, -0.2) is 19.1 Å². The molecular formula is C48H30N4O. The average Bonchev–Trinajstić information content (AvgIpc) is 3.86. The molecule has 0 spiro atoms. The molecule has 1 aliphatic rings. The Hall–Kier alpha value is -6.98. The molecule has 4 heterocycles. The zero-order chi connectivity index (χ0) is 34.6. The monoisotopic (exact) mass is 678 g/mol. The van der Waals surface area contributed by atoms with Gasteiger partial charge in [0, 0.05) is 55.4 Å². The first-order valence-corrected chi connectivity index (χ1v) is 18.2. The number of nitrogens with zero attached hydrogens (tertiary/aromatic N) is 4. The van der Waals surface area contributed by atoms with E-state index >= 15 is 0 Å². The fourth-order valence-corrected chi connectivity index (χ4v) is 8.85. The number of benzene rings is 7. The Balaban J connectivity index is 1.23. The summed E-state index contributed by atoms with van der Waals surface area (Å²) >= 11 is 0. The van der Waals surface area contributed by atoms with Crippen LogP contribution in [0.15, 0.2) is 168 Å². The third-order valence-corrected chi connectivity index (χ3v) is 11.2. The van der Waals surface area contributed by atoms with Crippen molar-refractivity contribution >= 4 is 87.2 Å². The Morgan fingerprint density at radius 2 is 1.26 bits per heavy atom. The smallest absolute Gasteiger partial charge is 0.235 e. The fraction of sp³-hybridized carbons (Fsp3) is 0.0417. The molecule has 0 radical (unpaired) electrons. The third kappa shape index (κ3) is 4.07. The molecular weight excluding hydrogens is 649 g/mol. The SMILES string of the molecule is C1=CCC(c2nc(-n3c4ccccc4c4c5c6cc7c(cc6n(-c6ccc8ccccc8c6)c5ccc43)oc3ccccc37)nc3ccccc23)C=C1. The summed E-state index contributed by atoms with van der Waals surface area (Å²) in [6.45, 7) is 0. The van der Waals surface area contributed by atoms with E-state index in [9.17, 15) is 0 Å². The summed E-state index contributed by atoms with van der Waals surface area (Å²) in [7, 11) is 0. The summed E-state index contributed by atoms with van der Waals surface area (Å²) in [6.07, 6.45) is 9.65. The lowest BCUT2D eigenvalue weighted by atomic mass is 9.94. The molecule has 0 saturated heterocycles. The average molecular weight is 679 g/mol. The van der Waals surface area contributed by atoms with Gasteiger partial charge >= 0.3 is 0 Å². The van der Waals surface area contributed by atoms with Crippen LogP contribution < -0.4 is 0 Å². The fourth-order valence-electron chi connectivity index (χ4n) is 8.85. The first-order valence-electron chi connectivity index (χ1n) is 18.2. The van der Waals surface area contributed by atoms with Crippen molar-refractivity contribution in [2.24, 2.45) is 0 Å². The highest BCUT2D eigenvalue weighted by Gasteiger charge is 2.24. The maximum Gasteiger partial charge on any atom is 0.235 e. The molecule has 1 atom stereocenters. The topological polar surface area (TPSA) is 48.8 Å². The van der Waals surface area contributed by atoms with Crippen molar-refractivity contribution < 1.29 is 4.42 Å². The second-order valence-corrected chi connectivity index (χ2v) is 14.1. The molecule has 5 heteroatoms. The zero-order valence-corrected chi connectivity index (χ0v) is 28.6. The molecule has 5 nitrogen and oxygen atoms in total. The lowest BCUT2D eigenvalue weighted by Crippen LogP contribution is -2.08. The van der Waals surface area contributed by atoms with E-state index in [0.29, 0.717) is 5.95 Å². The number of allylic oxidation sites excluding steroid dienone is 4. The Morgan fingerprint density at radius 3 is 2.15 bits per heavy atom. The van der Waals surface area contributed by atoms with Crippen molar-refractivity contribution in [3.05, 3.63) is 170 Å². The van der Waals surface area contributed by atoms with E-state index in [-0.39, 0.29) is 5.92 Å². The van der Waals surface area contributed by atoms with E-state index in [4.69, 9.17) is 14.4 Å². The Kier molecular flexibility index (Phi) is 5.83. The number of hydrogen-bond donors (Lipinski definition) is 0. The van der Waals surface area contributed by atoms with Gasteiger partial charge in [-0.1, -0.05) is 109 Å². The van der Waals surface area contributed by atoms with Crippen molar-refractivity contribution in [1.29, 1.82) is 0 Å². The van der Waals surface area contributed by atoms with Crippen LogP contribution in [-0.2, 0) is 0 Å². The van der Waals surface area contributed by atoms with Gasteiger partial charge < -0.3 is 8.98 Å². The molecule has 0 saturated carbocycles. The standard InChI is InChI=1S/C48H30N4O/c1-2-13-30(14-3-1)47-34-17-6-9-19-38(34)49-48(50-47)52-39-20-10-7-18-35(39)45-41(52)25-24-40-46(45)37-27-36-33-16-8-11-21-43(33)53-44(36)28-42(37)51(40)32-23-22-29-12-4-5-15-31(29)26-32/h1-13,15-28,30H,14H2. The van der Waals surface area contributed by atoms with Gasteiger partial charge in [0.2, 0.25) is 5.95 Å². The van der Waals surface area contributed by atoms with Crippen LogP contribution in [0.2, 0.25) is 0 Å². The number of furan rings is 1. The van der Waals surface area contributed by atoms with Crippen molar-refractivity contribution in [3.8, 4) is 11.6 Å². The summed E-state index contributed by atoms with van der Waals surface area (Å²) < 4.78 is 11.2. The van der Waals surface area contributed by atoms with Crippen LogP contribution in [0.1, 0.15) is 18.0 Å². The molecule has 0 aliphatic heterocycles. The summed E-state index contributed by atoms with van der Waals surface area (Å²) in [4.78, 5) is 10.7. The van der Waals surface area contributed by atoms with Crippen LogP contribution in [0, 0.1) is 0 Å². The summed E-state index contributed by atoms with van der Waals surface area (Å²) in [5.41, 5.74) is 9.29. The molecule has 0 fully saturated rings. The zero-order valence-electron chi connectivity index (χ0n) is 28.6. The molecule has 4 aromatic heterocycles. The Labute approximate surface area is 303 Å². The minimum Gasteiger partial charge on any atom is -0.456 e. The quantitative estimate of drug-likeness (QED) is 0.187. The van der Waals surface area contributed by atoms with Gasteiger partial charge in [0.25, 0.3) is 0 Å². The number of hydrogen-bond acceptors (Lipinski definition) is 3. The maximum atomic E-state index is 6.49. The number of para-hydroxylation sites is 3. The molecule has 53 heavy (non-hydrogen) atoms. The molecule has 7 aromatic carbocycles. The largest absolute Gasteiger partial charge is 0.456 e. The van der Waals surface area contributed by atoms with E-state index in [2.05, 4.69) is 167 Å². The second-order valence-electron chi connectivity index (χ2n) is 14.1. The molecule has 11 aromatic rings. The number of fused-ring (bicyclic) bond motifs is 12. The van der Waals surface area contributed by atoms with Crippen molar-refractivity contribution in [1.82, 2.24) is 19.1 Å². The minimum atomic E-state index is 0.179. The van der Waals surface area contributed by atoms with E-state index in [1.165, 1.54) is 32.3 Å². The second kappa shape index (κ2) is 10.8. The van der Waals surface area contributed by atoms with E-state index < -0.39 is 0 Å². The molecule has 248 valence electrons. The third-order valence-electron chi connectivity index (χ3n) is 11.2. The van der Waals surface area contributed by atoms with Crippen LogP contribution in [0.4, 0.5) is 0 Å². The molecule has 0 bridgehead atoms. The highest BCUT2D eigenvalue weighted by atomic mass is 16.3. The lowest BCUT2D eigenvalue weighted by Gasteiger charge is -2.17. The first kappa shape index (κ1) is 28.7. The Morgan fingerprint density at radius 1 is 0.509 bits per heavy atom. The Bertz CT molecular complexity index is 3390. The molecule has 0 amide bonds. The lowest BCUT2D eigenvalue weighted by molar-refractivity contribution is 0.669. The van der Waals surface area contributed by atoms with E-state index in [0.717, 1.165) is 72.7 Å². The molecule has 0 N–H and O–H groups in total. The molecule has 1 unspecified atom stereocenters. The first-order chi connectivity index (χ1) is 26.3. The van der Waals surface area contributed by atoms with E-state index in [1.54, 1.807) is 0 Å². The predicted octanol–water partition coefficient (Wildman–Crippen LogP) is 12.5. The minimum absolute atomic E-state index is 0.179. The summed E-state index contributed by atoms with van der Waals surface area (Å²) in [6, 6.07) is 49.9. The highest BCUT2D eigenvalue weighted by molar-refractivity contribution is 6.30. The molecule has 1 aliphatic carbocycles. The van der Waals surface area contributed by atoms with Gasteiger partial charge in [-0.25, -0.2) is 9.97 Å². The number of aromatic nitrogens is 4.